The number of nitrogens with one attached hydrogen (secondary N) is 2. The van der Waals surface area contributed by atoms with Crippen molar-refractivity contribution in [3.05, 3.63) is 35.9 Å². The fourth-order valence-electron chi connectivity index (χ4n) is 2.33. The number of benzene rings is 1. The molecule has 0 fully saturated rings. The van der Waals surface area contributed by atoms with Crippen LogP contribution >= 0.6 is 0 Å². The molecule has 0 aliphatic heterocycles. The Labute approximate surface area is 146 Å². The van der Waals surface area contributed by atoms with E-state index in [1.807, 2.05) is 25.1 Å². The number of urea groups is 1. The second kappa shape index (κ2) is 7.33. The Hall–Kier alpha value is -2.90. The Balaban J connectivity index is 2.12. The molecule has 0 saturated heterocycles. The average Bonchev–Trinajstić information content (AvgIpc) is 2.91. The van der Waals surface area contributed by atoms with E-state index in [1.165, 1.54) is 7.11 Å². The van der Waals surface area contributed by atoms with Gasteiger partial charge in [0.05, 0.1) is 23.9 Å². The van der Waals surface area contributed by atoms with Gasteiger partial charge < -0.3 is 15.4 Å². The Bertz CT molecular complexity index is 782. The number of esters is 1. The van der Waals surface area contributed by atoms with Gasteiger partial charge in [-0.2, -0.15) is 5.10 Å². The molecule has 2 aromatic rings. The second-order valence-electron chi connectivity index (χ2n) is 6.32. The van der Waals surface area contributed by atoms with Crippen molar-refractivity contribution in [2.75, 3.05) is 19.0 Å². The molecule has 0 spiro atoms. The maximum Gasteiger partial charge on any atom is 0.319 e. The zero-order valence-corrected chi connectivity index (χ0v) is 15.1. The maximum absolute atomic E-state index is 12.2. The van der Waals surface area contributed by atoms with E-state index < -0.39 is 11.4 Å². The number of amides is 2. The number of carbonyl (C=O) groups excluding carboxylic acids is 2. The summed E-state index contributed by atoms with van der Waals surface area (Å²) in [5, 5.41) is 9.81. The normalized spacial score (nSPS) is 11.1. The van der Waals surface area contributed by atoms with E-state index in [-0.39, 0.29) is 12.5 Å². The number of carbonyl (C=O) groups is 2. The molecule has 8 heteroatoms. The van der Waals surface area contributed by atoms with Crippen LogP contribution in [0, 0.1) is 19.3 Å². The van der Waals surface area contributed by atoms with Gasteiger partial charge in [-0.05, 0) is 39.8 Å². The zero-order chi connectivity index (χ0) is 18.6. The number of ether oxygens (including phenoxy) is 1. The summed E-state index contributed by atoms with van der Waals surface area (Å²) in [4.78, 5) is 28.2. The average molecular weight is 345 g/mol. The quantitative estimate of drug-likeness (QED) is 0.810. The number of rotatable bonds is 5. The minimum atomic E-state index is -0.814. The summed E-state index contributed by atoms with van der Waals surface area (Å²) in [7, 11) is 1.32. The van der Waals surface area contributed by atoms with Crippen molar-refractivity contribution in [3.8, 4) is 5.69 Å². The van der Waals surface area contributed by atoms with Crippen molar-refractivity contribution in [1.29, 1.82) is 0 Å². The monoisotopic (exact) mass is 345 g/mol. The van der Waals surface area contributed by atoms with E-state index in [9.17, 15) is 9.59 Å². The van der Waals surface area contributed by atoms with Crippen LogP contribution in [-0.2, 0) is 9.53 Å². The third kappa shape index (κ3) is 4.34. The van der Waals surface area contributed by atoms with Gasteiger partial charge in [-0.3, -0.25) is 4.79 Å². The summed E-state index contributed by atoms with van der Waals surface area (Å²) in [5.74, 6) is 0.984. The van der Waals surface area contributed by atoms with E-state index in [1.54, 1.807) is 31.5 Å². The molecular formula is C17H23N5O3. The third-order valence-electron chi connectivity index (χ3n) is 3.68. The highest BCUT2D eigenvalue weighted by Crippen LogP contribution is 2.21. The number of aryl methyl sites for hydroxylation is 2. The SMILES string of the molecule is COC(=O)C(C)(C)CNC(=O)Nc1ccccc1-n1nc(C)nc1C. The van der Waals surface area contributed by atoms with Gasteiger partial charge in [-0.25, -0.2) is 14.5 Å². The maximum atomic E-state index is 12.2. The lowest BCUT2D eigenvalue weighted by atomic mass is 9.94. The summed E-state index contributed by atoms with van der Waals surface area (Å²) in [6, 6.07) is 6.87. The number of anilines is 1. The minimum absolute atomic E-state index is 0.148. The summed E-state index contributed by atoms with van der Waals surface area (Å²) in [5.41, 5.74) is 0.484. The number of para-hydroxylation sites is 2. The molecule has 0 aliphatic rings. The van der Waals surface area contributed by atoms with E-state index in [2.05, 4.69) is 20.7 Å². The second-order valence-corrected chi connectivity index (χ2v) is 6.32. The molecule has 0 unspecified atom stereocenters. The first-order chi connectivity index (χ1) is 11.7. The largest absolute Gasteiger partial charge is 0.469 e. The first-order valence-electron chi connectivity index (χ1n) is 7.87. The van der Waals surface area contributed by atoms with Crippen LogP contribution in [0.3, 0.4) is 0 Å². The van der Waals surface area contributed by atoms with E-state index in [0.29, 0.717) is 17.2 Å². The Morgan fingerprint density at radius 1 is 1.24 bits per heavy atom. The van der Waals surface area contributed by atoms with Crippen LogP contribution in [0.15, 0.2) is 24.3 Å². The lowest BCUT2D eigenvalue weighted by Gasteiger charge is -2.22. The number of hydrogen-bond donors (Lipinski definition) is 2. The van der Waals surface area contributed by atoms with Crippen LogP contribution in [-0.4, -0.2) is 40.4 Å². The molecule has 0 bridgehead atoms. The molecule has 0 radical (unpaired) electrons. The van der Waals surface area contributed by atoms with Gasteiger partial charge in [-0.1, -0.05) is 12.1 Å². The van der Waals surface area contributed by atoms with E-state index in [0.717, 1.165) is 5.82 Å². The molecule has 1 heterocycles. The highest BCUT2D eigenvalue weighted by Gasteiger charge is 2.29. The Morgan fingerprint density at radius 3 is 2.52 bits per heavy atom. The number of hydrogen-bond acceptors (Lipinski definition) is 5. The number of methoxy groups -OCH3 is 1. The van der Waals surface area contributed by atoms with Gasteiger partial charge in [0, 0.05) is 6.54 Å². The van der Waals surface area contributed by atoms with Gasteiger partial charge in [0.2, 0.25) is 0 Å². The molecule has 134 valence electrons. The van der Waals surface area contributed by atoms with Crippen LogP contribution in [0.25, 0.3) is 5.69 Å². The van der Waals surface area contributed by atoms with Crippen molar-refractivity contribution in [2.24, 2.45) is 5.41 Å². The molecule has 2 N–H and O–H groups in total. The number of nitrogens with zero attached hydrogens (tertiary/aromatic N) is 3. The van der Waals surface area contributed by atoms with Crippen LogP contribution in [0.1, 0.15) is 25.5 Å². The van der Waals surface area contributed by atoms with Gasteiger partial charge in [0.15, 0.2) is 0 Å². The summed E-state index contributed by atoms with van der Waals surface area (Å²) >= 11 is 0. The molecule has 2 amide bonds. The molecule has 2 rings (SSSR count). The predicted octanol–water partition coefficient (Wildman–Crippen LogP) is 2.20. The third-order valence-corrected chi connectivity index (χ3v) is 3.68. The lowest BCUT2D eigenvalue weighted by molar-refractivity contribution is -0.150. The van der Waals surface area contributed by atoms with Crippen molar-refractivity contribution >= 4 is 17.7 Å². The van der Waals surface area contributed by atoms with Gasteiger partial charge in [0.25, 0.3) is 0 Å². The predicted molar refractivity (Wildman–Crippen MR) is 93.7 cm³/mol. The Morgan fingerprint density at radius 2 is 1.92 bits per heavy atom. The van der Waals surface area contributed by atoms with E-state index >= 15 is 0 Å². The van der Waals surface area contributed by atoms with Gasteiger partial charge in [-0.15, -0.1) is 0 Å². The summed E-state index contributed by atoms with van der Waals surface area (Å²) in [6.07, 6.45) is 0. The minimum Gasteiger partial charge on any atom is -0.469 e. The first kappa shape index (κ1) is 18.4. The highest BCUT2D eigenvalue weighted by atomic mass is 16.5. The molecule has 1 aromatic heterocycles. The van der Waals surface area contributed by atoms with Crippen LogP contribution in [0.2, 0.25) is 0 Å². The molecule has 25 heavy (non-hydrogen) atoms. The van der Waals surface area contributed by atoms with Crippen molar-refractivity contribution < 1.29 is 14.3 Å². The van der Waals surface area contributed by atoms with Crippen LogP contribution in [0.4, 0.5) is 10.5 Å². The number of aromatic nitrogens is 3. The van der Waals surface area contributed by atoms with Gasteiger partial charge >= 0.3 is 12.0 Å². The lowest BCUT2D eigenvalue weighted by Crippen LogP contribution is -2.41. The standard InChI is InChI=1S/C17H23N5O3/c1-11-19-12(2)22(21-11)14-9-7-6-8-13(14)20-16(24)18-10-17(3,4)15(23)25-5/h6-9H,10H2,1-5H3,(H2,18,20,24). The molecule has 1 aromatic carbocycles. The van der Waals surface area contributed by atoms with Crippen molar-refractivity contribution in [3.63, 3.8) is 0 Å². The summed E-state index contributed by atoms with van der Waals surface area (Å²) in [6.45, 7) is 7.20. The molecule has 8 nitrogen and oxygen atoms in total. The molecule has 0 aliphatic carbocycles. The molecule has 0 atom stereocenters. The zero-order valence-electron chi connectivity index (χ0n) is 15.1. The smallest absolute Gasteiger partial charge is 0.319 e. The van der Waals surface area contributed by atoms with Crippen LogP contribution < -0.4 is 10.6 Å². The van der Waals surface area contributed by atoms with E-state index in [4.69, 9.17) is 4.74 Å². The topological polar surface area (TPSA) is 98.1 Å². The molecule has 0 saturated carbocycles. The first-order valence-corrected chi connectivity index (χ1v) is 7.87. The van der Waals surface area contributed by atoms with Gasteiger partial charge in [0.1, 0.15) is 11.6 Å². The Kier molecular flexibility index (Phi) is 5.41. The highest BCUT2D eigenvalue weighted by molar-refractivity contribution is 5.92. The fraction of sp³-hybridized carbons (Fsp3) is 0.412. The van der Waals surface area contributed by atoms with Crippen molar-refractivity contribution in [2.45, 2.75) is 27.7 Å². The molecular weight excluding hydrogens is 322 g/mol. The van der Waals surface area contributed by atoms with Crippen molar-refractivity contribution in [1.82, 2.24) is 20.1 Å². The van der Waals surface area contributed by atoms with Crippen LogP contribution in [0.5, 0.6) is 0 Å². The summed E-state index contributed by atoms with van der Waals surface area (Å²) < 4.78 is 6.40. The fourth-order valence-corrected chi connectivity index (χ4v) is 2.33.